The van der Waals surface area contributed by atoms with Gasteiger partial charge >= 0.3 is 0 Å². The molecule has 5 heteroatoms. The number of carbonyl (C=O) groups excluding carboxylic acids is 1. The van der Waals surface area contributed by atoms with Crippen molar-refractivity contribution in [1.29, 1.82) is 0 Å². The van der Waals surface area contributed by atoms with E-state index in [9.17, 15) is 4.79 Å². The number of nitrogens with zero attached hydrogens (tertiary/aromatic N) is 1. The Morgan fingerprint density at radius 2 is 1.85 bits per heavy atom. The Kier molecular flexibility index (Phi) is 6.50. The van der Waals surface area contributed by atoms with Crippen LogP contribution < -0.4 is 14.8 Å². The molecule has 0 aromatic heterocycles. The molecule has 0 radical (unpaired) electrons. The summed E-state index contributed by atoms with van der Waals surface area (Å²) in [6, 6.07) is 17.9. The lowest BCUT2D eigenvalue weighted by Gasteiger charge is -2.33. The number of methoxy groups -OCH3 is 1. The van der Waals surface area contributed by atoms with Crippen LogP contribution in [-0.2, 0) is 11.3 Å². The van der Waals surface area contributed by atoms with E-state index in [1.807, 2.05) is 18.2 Å². The van der Waals surface area contributed by atoms with E-state index in [4.69, 9.17) is 9.47 Å². The van der Waals surface area contributed by atoms with E-state index in [0.717, 1.165) is 38.2 Å². The summed E-state index contributed by atoms with van der Waals surface area (Å²) in [5, 5.41) is 3.10. The quantitative estimate of drug-likeness (QED) is 0.831. The number of nitrogens with one attached hydrogen (secondary N) is 1. The van der Waals surface area contributed by atoms with Gasteiger partial charge in [0.2, 0.25) is 0 Å². The van der Waals surface area contributed by atoms with E-state index in [1.54, 1.807) is 19.2 Å². The zero-order chi connectivity index (χ0) is 18.2. The molecule has 0 aliphatic carbocycles. The van der Waals surface area contributed by atoms with Crippen molar-refractivity contribution in [3.8, 4) is 11.5 Å². The third kappa shape index (κ3) is 5.49. The second-order valence-electron chi connectivity index (χ2n) is 6.59. The Balaban J connectivity index is 1.43. The molecule has 1 aliphatic rings. The van der Waals surface area contributed by atoms with Crippen LogP contribution in [0.15, 0.2) is 54.6 Å². The molecular weight excluding hydrogens is 328 g/mol. The standard InChI is InChI=1S/C21H26N2O3/c1-25-19-9-11-20(12-10-19)26-16-21(24)22-18-8-5-13-23(15-18)14-17-6-3-2-4-7-17/h2-4,6-7,9-12,18H,5,8,13-16H2,1H3,(H,22,24). The second kappa shape index (κ2) is 9.25. The average Bonchev–Trinajstić information content (AvgIpc) is 2.68. The monoisotopic (exact) mass is 354 g/mol. The maximum Gasteiger partial charge on any atom is 0.258 e. The molecule has 0 spiro atoms. The fourth-order valence-corrected chi connectivity index (χ4v) is 3.25. The van der Waals surface area contributed by atoms with E-state index < -0.39 is 0 Å². The Morgan fingerprint density at radius 1 is 1.12 bits per heavy atom. The van der Waals surface area contributed by atoms with Crippen LogP contribution in [0.5, 0.6) is 11.5 Å². The van der Waals surface area contributed by atoms with E-state index >= 15 is 0 Å². The molecular formula is C21H26N2O3. The number of ether oxygens (including phenoxy) is 2. The van der Waals surface area contributed by atoms with Crippen LogP contribution in [0, 0.1) is 0 Å². The number of rotatable bonds is 7. The number of benzene rings is 2. The lowest BCUT2D eigenvalue weighted by atomic mass is 10.0. The highest BCUT2D eigenvalue weighted by Gasteiger charge is 2.21. The molecule has 0 bridgehead atoms. The van der Waals surface area contributed by atoms with Crippen LogP contribution in [0.4, 0.5) is 0 Å². The van der Waals surface area contributed by atoms with Gasteiger partial charge < -0.3 is 14.8 Å². The van der Waals surface area contributed by atoms with Crippen LogP contribution in [0.3, 0.4) is 0 Å². The molecule has 1 saturated heterocycles. The molecule has 1 heterocycles. The van der Waals surface area contributed by atoms with Crippen LogP contribution in [0.2, 0.25) is 0 Å². The highest BCUT2D eigenvalue weighted by Crippen LogP contribution is 2.17. The van der Waals surface area contributed by atoms with Gasteiger partial charge in [0.15, 0.2) is 6.61 Å². The van der Waals surface area contributed by atoms with Crippen LogP contribution in [0.1, 0.15) is 18.4 Å². The minimum Gasteiger partial charge on any atom is -0.497 e. The Labute approximate surface area is 154 Å². The zero-order valence-electron chi connectivity index (χ0n) is 15.2. The lowest BCUT2D eigenvalue weighted by molar-refractivity contribution is -0.124. The second-order valence-corrected chi connectivity index (χ2v) is 6.59. The molecule has 3 rings (SSSR count). The summed E-state index contributed by atoms with van der Waals surface area (Å²) in [5.41, 5.74) is 1.31. The Morgan fingerprint density at radius 3 is 2.58 bits per heavy atom. The number of piperidine rings is 1. The van der Waals surface area contributed by atoms with Gasteiger partial charge in [0, 0.05) is 19.1 Å². The van der Waals surface area contributed by atoms with Gasteiger partial charge in [-0.1, -0.05) is 30.3 Å². The van der Waals surface area contributed by atoms with Crippen molar-refractivity contribution in [3.05, 3.63) is 60.2 Å². The number of amides is 1. The zero-order valence-corrected chi connectivity index (χ0v) is 15.2. The molecule has 1 unspecified atom stereocenters. The third-order valence-electron chi connectivity index (χ3n) is 4.55. The van der Waals surface area contributed by atoms with Crippen molar-refractivity contribution < 1.29 is 14.3 Å². The minimum atomic E-state index is -0.0765. The van der Waals surface area contributed by atoms with Crippen molar-refractivity contribution >= 4 is 5.91 Å². The number of hydrogen-bond acceptors (Lipinski definition) is 4. The van der Waals surface area contributed by atoms with Crippen LogP contribution in [0.25, 0.3) is 0 Å². The maximum atomic E-state index is 12.2. The molecule has 1 atom stereocenters. The summed E-state index contributed by atoms with van der Waals surface area (Å²) in [6.07, 6.45) is 2.11. The lowest BCUT2D eigenvalue weighted by Crippen LogP contribution is -2.48. The van der Waals surface area contributed by atoms with Crippen molar-refractivity contribution in [2.75, 3.05) is 26.8 Å². The molecule has 1 N–H and O–H groups in total. The topological polar surface area (TPSA) is 50.8 Å². The highest BCUT2D eigenvalue weighted by molar-refractivity contribution is 5.77. The molecule has 2 aromatic carbocycles. The first-order valence-corrected chi connectivity index (χ1v) is 9.05. The van der Waals surface area contributed by atoms with E-state index in [-0.39, 0.29) is 18.6 Å². The fourth-order valence-electron chi connectivity index (χ4n) is 3.25. The van der Waals surface area contributed by atoms with E-state index in [1.165, 1.54) is 5.56 Å². The predicted octanol–water partition coefficient (Wildman–Crippen LogP) is 2.85. The van der Waals surface area contributed by atoms with Gasteiger partial charge in [0.05, 0.1) is 7.11 Å². The molecule has 0 saturated carbocycles. The van der Waals surface area contributed by atoms with Gasteiger partial charge in [0.25, 0.3) is 5.91 Å². The van der Waals surface area contributed by atoms with Crippen molar-refractivity contribution in [2.45, 2.75) is 25.4 Å². The maximum absolute atomic E-state index is 12.2. The van der Waals surface area contributed by atoms with Gasteiger partial charge in [-0.05, 0) is 49.2 Å². The number of hydrogen-bond donors (Lipinski definition) is 1. The Bertz CT molecular complexity index is 688. The molecule has 1 amide bonds. The summed E-state index contributed by atoms with van der Waals surface area (Å²) < 4.78 is 10.7. The number of carbonyl (C=O) groups is 1. The van der Waals surface area contributed by atoms with Crippen LogP contribution >= 0.6 is 0 Å². The van der Waals surface area contributed by atoms with Gasteiger partial charge in [-0.3, -0.25) is 9.69 Å². The van der Waals surface area contributed by atoms with Crippen molar-refractivity contribution in [2.24, 2.45) is 0 Å². The first-order chi connectivity index (χ1) is 12.7. The molecule has 26 heavy (non-hydrogen) atoms. The highest BCUT2D eigenvalue weighted by atomic mass is 16.5. The van der Waals surface area contributed by atoms with Crippen molar-refractivity contribution in [3.63, 3.8) is 0 Å². The van der Waals surface area contributed by atoms with Gasteiger partial charge in [-0.25, -0.2) is 0 Å². The molecule has 138 valence electrons. The summed E-state index contributed by atoms with van der Waals surface area (Å²) in [6.45, 7) is 2.91. The first-order valence-electron chi connectivity index (χ1n) is 9.05. The summed E-state index contributed by atoms with van der Waals surface area (Å²) >= 11 is 0. The smallest absolute Gasteiger partial charge is 0.258 e. The van der Waals surface area contributed by atoms with E-state index in [0.29, 0.717) is 5.75 Å². The first kappa shape index (κ1) is 18.3. The van der Waals surface area contributed by atoms with Gasteiger partial charge in [-0.2, -0.15) is 0 Å². The largest absolute Gasteiger partial charge is 0.497 e. The third-order valence-corrected chi connectivity index (χ3v) is 4.55. The Hall–Kier alpha value is -2.53. The summed E-state index contributed by atoms with van der Waals surface area (Å²) in [7, 11) is 1.62. The van der Waals surface area contributed by atoms with Gasteiger partial charge in [0.1, 0.15) is 11.5 Å². The number of likely N-dealkylation sites (tertiary alicyclic amines) is 1. The molecule has 1 aliphatic heterocycles. The summed E-state index contributed by atoms with van der Waals surface area (Å²) in [4.78, 5) is 14.6. The van der Waals surface area contributed by atoms with Gasteiger partial charge in [-0.15, -0.1) is 0 Å². The van der Waals surface area contributed by atoms with Crippen LogP contribution in [-0.4, -0.2) is 43.7 Å². The van der Waals surface area contributed by atoms with Crippen molar-refractivity contribution in [1.82, 2.24) is 10.2 Å². The summed E-state index contributed by atoms with van der Waals surface area (Å²) in [5.74, 6) is 1.35. The average molecular weight is 354 g/mol. The predicted molar refractivity (Wildman–Crippen MR) is 101 cm³/mol. The molecule has 2 aromatic rings. The fraction of sp³-hybridized carbons (Fsp3) is 0.381. The normalized spacial score (nSPS) is 17.5. The molecule has 1 fully saturated rings. The van der Waals surface area contributed by atoms with E-state index in [2.05, 4.69) is 34.5 Å². The molecule has 5 nitrogen and oxygen atoms in total. The SMILES string of the molecule is COc1ccc(OCC(=O)NC2CCCN(Cc3ccccc3)C2)cc1. The minimum absolute atomic E-state index is 0.0293.